The molecule has 0 amide bonds. The van der Waals surface area contributed by atoms with Crippen molar-refractivity contribution < 1.29 is 9.13 Å². The Labute approximate surface area is 129 Å². The Hall–Kier alpha value is -1.30. The lowest BCUT2D eigenvalue weighted by atomic mass is 10.1. The molecule has 0 spiro atoms. The Morgan fingerprint density at radius 1 is 1.24 bits per heavy atom. The van der Waals surface area contributed by atoms with Crippen LogP contribution in [0.25, 0.3) is 11.3 Å². The van der Waals surface area contributed by atoms with Gasteiger partial charge >= 0.3 is 0 Å². The van der Waals surface area contributed by atoms with Crippen LogP contribution in [0.1, 0.15) is 16.3 Å². The van der Waals surface area contributed by atoms with Gasteiger partial charge < -0.3 is 10.1 Å². The molecule has 0 bridgehead atoms. The molecule has 0 atom stereocenters. The molecule has 1 aromatic carbocycles. The van der Waals surface area contributed by atoms with E-state index in [1.165, 1.54) is 17.0 Å². The minimum Gasteiger partial charge on any atom is -0.385 e. The Morgan fingerprint density at radius 2 is 2.00 bits per heavy atom. The van der Waals surface area contributed by atoms with Crippen LogP contribution >= 0.6 is 11.3 Å². The van der Waals surface area contributed by atoms with Crippen LogP contribution < -0.4 is 5.32 Å². The van der Waals surface area contributed by atoms with E-state index in [0.717, 1.165) is 48.8 Å². The van der Waals surface area contributed by atoms with Gasteiger partial charge in [0.05, 0.1) is 10.7 Å². The maximum Gasteiger partial charge on any atom is 0.123 e. The van der Waals surface area contributed by atoms with Crippen LogP contribution in [-0.4, -0.2) is 31.8 Å². The first kappa shape index (κ1) is 16.1. The largest absolute Gasteiger partial charge is 0.385 e. The summed E-state index contributed by atoms with van der Waals surface area (Å²) >= 11 is 1.71. The molecule has 2 aromatic rings. The number of aromatic nitrogens is 1. The highest BCUT2D eigenvalue weighted by molar-refractivity contribution is 7.12. The summed E-state index contributed by atoms with van der Waals surface area (Å²) < 4.78 is 18.0. The van der Waals surface area contributed by atoms with Crippen LogP contribution in [0.4, 0.5) is 4.39 Å². The third-order valence-electron chi connectivity index (χ3n) is 3.18. The minimum absolute atomic E-state index is 0.216. The number of aryl methyl sites for hydroxylation is 1. The molecule has 0 saturated carbocycles. The van der Waals surface area contributed by atoms with E-state index in [-0.39, 0.29) is 5.82 Å². The average Bonchev–Trinajstić information content (AvgIpc) is 2.85. The van der Waals surface area contributed by atoms with Gasteiger partial charge in [0, 0.05) is 37.1 Å². The molecule has 0 fully saturated rings. The van der Waals surface area contributed by atoms with Crippen LogP contribution in [0.5, 0.6) is 0 Å². The SMILES string of the molecule is COCCCNCCc1nc(-c2ccc(F)cc2)c(C)s1. The van der Waals surface area contributed by atoms with Gasteiger partial charge in [-0.3, -0.25) is 0 Å². The first-order valence-corrected chi connectivity index (χ1v) is 7.94. The number of halogens is 1. The third-order valence-corrected chi connectivity index (χ3v) is 4.21. The Bertz CT molecular complexity index is 554. The lowest BCUT2D eigenvalue weighted by Gasteiger charge is -2.02. The molecular formula is C16H21FN2OS. The predicted molar refractivity (Wildman–Crippen MR) is 85.3 cm³/mol. The summed E-state index contributed by atoms with van der Waals surface area (Å²) in [6, 6.07) is 6.52. The smallest absolute Gasteiger partial charge is 0.123 e. The zero-order valence-electron chi connectivity index (χ0n) is 12.5. The van der Waals surface area contributed by atoms with Crippen molar-refractivity contribution in [3.05, 3.63) is 40.0 Å². The van der Waals surface area contributed by atoms with Crippen molar-refractivity contribution in [3.8, 4) is 11.3 Å². The van der Waals surface area contributed by atoms with E-state index >= 15 is 0 Å². The second kappa shape index (κ2) is 8.22. The van der Waals surface area contributed by atoms with Gasteiger partial charge in [-0.2, -0.15) is 0 Å². The zero-order chi connectivity index (χ0) is 15.1. The predicted octanol–water partition coefficient (Wildman–Crippen LogP) is 3.43. The summed E-state index contributed by atoms with van der Waals surface area (Å²) in [7, 11) is 1.72. The minimum atomic E-state index is -0.216. The van der Waals surface area contributed by atoms with Gasteiger partial charge in [-0.25, -0.2) is 9.37 Å². The summed E-state index contributed by atoms with van der Waals surface area (Å²) in [5.41, 5.74) is 1.94. The van der Waals surface area contributed by atoms with Crippen LogP contribution in [0, 0.1) is 12.7 Å². The molecule has 5 heteroatoms. The fourth-order valence-corrected chi connectivity index (χ4v) is 3.05. The van der Waals surface area contributed by atoms with Crippen molar-refractivity contribution in [2.45, 2.75) is 19.8 Å². The van der Waals surface area contributed by atoms with Crippen molar-refractivity contribution >= 4 is 11.3 Å². The van der Waals surface area contributed by atoms with E-state index in [1.54, 1.807) is 30.6 Å². The standard InChI is InChI=1S/C16H21FN2OS/c1-12-16(13-4-6-14(17)7-5-13)19-15(21-12)8-10-18-9-3-11-20-2/h4-7,18H,3,8-11H2,1-2H3. The Morgan fingerprint density at radius 3 is 2.71 bits per heavy atom. The van der Waals surface area contributed by atoms with Gasteiger partial charge in [0.15, 0.2) is 0 Å². The molecule has 1 heterocycles. The number of ether oxygens (including phenoxy) is 1. The maximum absolute atomic E-state index is 13.0. The van der Waals surface area contributed by atoms with Crippen molar-refractivity contribution in [2.75, 3.05) is 26.8 Å². The second-order valence-electron chi connectivity index (χ2n) is 4.87. The number of rotatable bonds is 8. The lowest BCUT2D eigenvalue weighted by Crippen LogP contribution is -2.19. The van der Waals surface area contributed by atoms with E-state index in [0.29, 0.717) is 0 Å². The molecule has 114 valence electrons. The van der Waals surface area contributed by atoms with Gasteiger partial charge in [0.25, 0.3) is 0 Å². The highest BCUT2D eigenvalue weighted by atomic mass is 32.1. The van der Waals surface area contributed by atoms with Gasteiger partial charge in [-0.15, -0.1) is 11.3 Å². The molecule has 0 unspecified atom stereocenters. The first-order chi connectivity index (χ1) is 10.2. The normalized spacial score (nSPS) is 11.0. The summed E-state index contributed by atoms with van der Waals surface area (Å²) in [6.45, 7) is 4.73. The Kier molecular flexibility index (Phi) is 6.29. The highest BCUT2D eigenvalue weighted by Gasteiger charge is 2.09. The topological polar surface area (TPSA) is 34.1 Å². The second-order valence-corrected chi connectivity index (χ2v) is 6.15. The molecule has 0 aliphatic rings. The van der Waals surface area contributed by atoms with Gasteiger partial charge in [-0.1, -0.05) is 0 Å². The maximum atomic E-state index is 13.0. The fraction of sp³-hybridized carbons (Fsp3) is 0.438. The van der Waals surface area contributed by atoms with Crippen molar-refractivity contribution in [2.24, 2.45) is 0 Å². The molecular weight excluding hydrogens is 287 g/mol. The summed E-state index contributed by atoms with van der Waals surface area (Å²) in [5, 5.41) is 4.50. The van der Waals surface area contributed by atoms with Crippen molar-refractivity contribution in [3.63, 3.8) is 0 Å². The Balaban J connectivity index is 1.88. The van der Waals surface area contributed by atoms with Crippen LogP contribution in [0.3, 0.4) is 0 Å². The van der Waals surface area contributed by atoms with Crippen LogP contribution in [0.2, 0.25) is 0 Å². The zero-order valence-corrected chi connectivity index (χ0v) is 13.3. The summed E-state index contributed by atoms with van der Waals surface area (Å²) in [5.74, 6) is -0.216. The highest BCUT2D eigenvalue weighted by Crippen LogP contribution is 2.27. The fourth-order valence-electron chi connectivity index (χ4n) is 2.10. The molecule has 0 aliphatic heterocycles. The average molecular weight is 308 g/mol. The number of methoxy groups -OCH3 is 1. The van der Waals surface area contributed by atoms with E-state index < -0.39 is 0 Å². The molecule has 21 heavy (non-hydrogen) atoms. The third kappa shape index (κ3) is 4.88. The van der Waals surface area contributed by atoms with E-state index in [9.17, 15) is 4.39 Å². The van der Waals surface area contributed by atoms with Crippen molar-refractivity contribution in [1.82, 2.24) is 10.3 Å². The number of hydrogen-bond donors (Lipinski definition) is 1. The van der Waals surface area contributed by atoms with Gasteiger partial charge in [0.2, 0.25) is 0 Å². The van der Waals surface area contributed by atoms with E-state index in [4.69, 9.17) is 4.74 Å². The number of hydrogen-bond acceptors (Lipinski definition) is 4. The van der Waals surface area contributed by atoms with E-state index in [2.05, 4.69) is 17.2 Å². The van der Waals surface area contributed by atoms with E-state index in [1.807, 2.05) is 0 Å². The quantitative estimate of drug-likeness (QED) is 0.759. The number of nitrogens with zero attached hydrogens (tertiary/aromatic N) is 1. The molecule has 0 radical (unpaired) electrons. The lowest BCUT2D eigenvalue weighted by molar-refractivity contribution is 0.194. The number of nitrogens with one attached hydrogen (secondary N) is 1. The summed E-state index contributed by atoms with van der Waals surface area (Å²) in [4.78, 5) is 5.85. The molecule has 3 nitrogen and oxygen atoms in total. The molecule has 1 N–H and O–H groups in total. The van der Waals surface area contributed by atoms with Gasteiger partial charge in [-0.05, 0) is 44.2 Å². The molecule has 0 saturated heterocycles. The molecule has 2 rings (SSSR count). The van der Waals surface area contributed by atoms with Crippen LogP contribution in [0.15, 0.2) is 24.3 Å². The van der Waals surface area contributed by atoms with Gasteiger partial charge in [0.1, 0.15) is 5.82 Å². The van der Waals surface area contributed by atoms with Crippen molar-refractivity contribution in [1.29, 1.82) is 0 Å². The summed E-state index contributed by atoms with van der Waals surface area (Å²) in [6.07, 6.45) is 1.94. The first-order valence-electron chi connectivity index (χ1n) is 7.12. The number of benzene rings is 1. The monoisotopic (exact) mass is 308 g/mol. The molecule has 1 aromatic heterocycles. The van der Waals surface area contributed by atoms with Crippen LogP contribution in [-0.2, 0) is 11.2 Å². The number of thiazole rings is 1. The molecule has 0 aliphatic carbocycles.